The third-order valence-corrected chi connectivity index (χ3v) is 3.90. The van der Waals surface area contributed by atoms with Crippen LogP contribution >= 0.6 is 0 Å². The van der Waals surface area contributed by atoms with E-state index >= 15 is 0 Å². The van der Waals surface area contributed by atoms with Crippen LogP contribution in [-0.2, 0) is 17.1 Å². The lowest BCUT2D eigenvalue weighted by molar-refractivity contribution is -0.193. The van der Waals surface area contributed by atoms with Crippen molar-refractivity contribution in [2.75, 3.05) is 13.1 Å². The minimum absolute atomic E-state index is 0.0157. The smallest absolute Gasteiger partial charge is 0.359 e. The number of nitrogens with zero attached hydrogens (tertiary/aromatic N) is 4. The standard InChI is InChI=1S/C16H11F7N4O2/c17-14(29)6-26(7-14)12(28)1-2-27-8-24-13(25-27)9-3-10(15(18,19)20)5-11(4-9)16(21,22)23/h1-5,8,29H,6-7H2/b2-1-. The first kappa shape index (κ1) is 20.8. The van der Waals surface area contributed by atoms with E-state index in [1.165, 1.54) is 0 Å². The van der Waals surface area contributed by atoms with E-state index in [9.17, 15) is 35.5 Å². The molecule has 1 saturated heterocycles. The number of β-amino-alcohol motifs (C(OH)–C–C–N with tert-alkyl or cyclic N) is 1. The van der Waals surface area contributed by atoms with E-state index in [1.807, 2.05) is 0 Å². The molecule has 156 valence electrons. The molecule has 1 amide bonds. The van der Waals surface area contributed by atoms with Gasteiger partial charge in [-0.3, -0.25) is 4.79 Å². The zero-order chi connectivity index (χ0) is 21.6. The average Bonchev–Trinajstić information content (AvgIpc) is 3.04. The number of carbonyl (C=O) groups excluding carboxylic acids is 1. The Labute approximate surface area is 157 Å². The quantitative estimate of drug-likeness (QED) is 0.608. The molecule has 0 aliphatic carbocycles. The summed E-state index contributed by atoms with van der Waals surface area (Å²) in [6, 6.07) is 0.941. The average molecular weight is 424 g/mol. The molecule has 0 bridgehead atoms. The molecule has 0 spiro atoms. The number of rotatable bonds is 3. The van der Waals surface area contributed by atoms with Gasteiger partial charge >= 0.3 is 12.4 Å². The molecule has 1 aliphatic rings. The highest BCUT2D eigenvalue weighted by Gasteiger charge is 2.43. The summed E-state index contributed by atoms with van der Waals surface area (Å²) in [7, 11) is 0. The van der Waals surface area contributed by atoms with Gasteiger partial charge in [0.05, 0.1) is 24.2 Å². The Hall–Kier alpha value is -2.96. The fraction of sp³-hybridized carbons (Fsp3) is 0.312. The number of halogens is 7. The molecule has 0 saturated carbocycles. The number of aromatic nitrogens is 3. The van der Waals surface area contributed by atoms with Crippen molar-refractivity contribution in [3.63, 3.8) is 0 Å². The third kappa shape index (κ3) is 4.72. The molecule has 1 aromatic heterocycles. The minimum Gasteiger partial charge on any atom is -0.359 e. The Morgan fingerprint density at radius 3 is 2.10 bits per heavy atom. The lowest BCUT2D eigenvalue weighted by Crippen LogP contribution is -2.60. The number of hydrogen-bond acceptors (Lipinski definition) is 4. The van der Waals surface area contributed by atoms with Crippen LogP contribution < -0.4 is 0 Å². The molecular formula is C16H11F7N4O2. The fourth-order valence-corrected chi connectivity index (χ4v) is 2.50. The molecule has 3 rings (SSSR count). The Balaban J connectivity index is 1.84. The van der Waals surface area contributed by atoms with Crippen molar-refractivity contribution in [3.05, 3.63) is 41.7 Å². The van der Waals surface area contributed by atoms with E-state index in [0.717, 1.165) is 28.2 Å². The maximum absolute atomic E-state index is 13.0. The van der Waals surface area contributed by atoms with E-state index < -0.39 is 59.7 Å². The van der Waals surface area contributed by atoms with Crippen LogP contribution in [0.15, 0.2) is 30.6 Å². The fourth-order valence-electron chi connectivity index (χ4n) is 2.50. The molecule has 2 heterocycles. The SMILES string of the molecule is O=C(/C=C\n1cnc(-c2cc(C(F)(F)F)cc(C(F)(F)F)c2)n1)N1CC(O)(F)C1. The largest absolute Gasteiger partial charge is 0.416 e. The Kier molecular flexibility index (Phi) is 4.89. The number of aliphatic hydroxyl groups is 1. The molecule has 0 atom stereocenters. The normalized spacial score (nSPS) is 16.9. The minimum atomic E-state index is -5.01. The molecule has 2 aromatic rings. The van der Waals surface area contributed by atoms with Gasteiger partial charge in [-0.2, -0.15) is 26.3 Å². The summed E-state index contributed by atoms with van der Waals surface area (Å²) >= 11 is 0. The highest BCUT2D eigenvalue weighted by Crippen LogP contribution is 2.38. The molecule has 1 N–H and O–H groups in total. The zero-order valence-corrected chi connectivity index (χ0v) is 14.2. The Morgan fingerprint density at radius 2 is 1.62 bits per heavy atom. The summed E-state index contributed by atoms with van der Waals surface area (Å²) in [5.41, 5.74) is -3.54. The summed E-state index contributed by atoms with van der Waals surface area (Å²) < 4.78 is 91.4. The second-order valence-electron chi connectivity index (χ2n) is 6.27. The number of hydrogen-bond donors (Lipinski definition) is 1. The van der Waals surface area contributed by atoms with E-state index in [4.69, 9.17) is 5.11 Å². The molecule has 29 heavy (non-hydrogen) atoms. The monoisotopic (exact) mass is 424 g/mol. The summed E-state index contributed by atoms with van der Waals surface area (Å²) in [5.74, 6) is -3.56. The number of amides is 1. The van der Waals surface area contributed by atoms with Crippen LogP contribution in [0, 0.1) is 0 Å². The summed E-state index contributed by atoms with van der Waals surface area (Å²) in [6.07, 6.45) is -7.09. The van der Waals surface area contributed by atoms with Crippen LogP contribution in [-0.4, -0.2) is 49.6 Å². The van der Waals surface area contributed by atoms with Gasteiger partial charge in [-0.05, 0) is 18.2 Å². The number of alkyl halides is 7. The predicted octanol–water partition coefficient (Wildman–Crippen LogP) is 2.95. The van der Waals surface area contributed by atoms with E-state index in [-0.39, 0.29) is 6.07 Å². The van der Waals surface area contributed by atoms with Gasteiger partial charge in [0, 0.05) is 17.8 Å². The summed E-state index contributed by atoms with van der Waals surface area (Å²) in [6.45, 7) is -1.05. The lowest BCUT2D eigenvalue weighted by Gasteiger charge is -2.39. The van der Waals surface area contributed by atoms with E-state index in [2.05, 4.69) is 10.1 Å². The lowest BCUT2D eigenvalue weighted by atomic mass is 10.0. The van der Waals surface area contributed by atoms with Crippen molar-refractivity contribution >= 4 is 12.1 Å². The molecule has 1 aliphatic heterocycles. The van der Waals surface area contributed by atoms with Gasteiger partial charge in [-0.25, -0.2) is 14.1 Å². The van der Waals surface area contributed by atoms with Crippen LogP contribution in [0.4, 0.5) is 30.7 Å². The molecule has 13 heteroatoms. The third-order valence-electron chi connectivity index (χ3n) is 3.90. The van der Waals surface area contributed by atoms with Crippen molar-refractivity contribution in [2.45, 2.75) is 18.2 Å². The second kappa shape index (κ2) is 6.83. The van der Waals surface area contributed by atoms with E-state index in [0.29, 0.717) is 12.1 Å². The second-order valence-corrected chi connectivity index (χ2v) is 6.27. The number of benzene rings is 1. The van der Waals surface area contributed by atoms with Crippen molar-refractivity contribution in [2.24, 2.45) is 0 Å². The van der Waals surface area contributed by atoms with Crippen LogP contribution in [0.2, 0.25) is 0 Å². The first-order valence-electron chi connectivity index (χ1n) is 7.84. The Bertz CT molecular complexity index is 923. The van der Waals surface area contributed by atoms with Crippen LogP contribution in [0.25, 0.3) is 17.6 Å². The van der Waals surface area contributed by atoms with Crippen LogP contribution in [0.3, 0.4) is 0 Å². The first-order chi connectivity index (χ1) is 13.2. The number of carbonyl (C=O) groups is 1. The molecule has 0 radical (unpaired) electrons. The van der Waals surface area contributed by atoms with Crippen molar-refractivity contribution in [1.29, 1.82) is 0 Å². The van der Waals surface area contributed by atoms with Gasteiger partial charge in [0.15, 0.2) is 5.82 Å². The predicted molar refractivity (Wildman–Crippen MR) is 83.4 cm³/mol. The van der Waals surface area contributed by atoms with E-state index in [1.54, 1.807) is 0 Å². The van der Waals surface area contributed by atoms with Crippen molar-refractivity contribution < 1.29 is 40.6 Å². The summed E-state index contributed by atoms with van der Waals surface area (Å²) in [5, 5.41) is 12.7. The summed E-state index contributed by atoms with van der Waals surface area (Å²) in [4.78, 5) is 16.3. The van der Waals surface area contributed by atoms with Gasteiger partial charge in [-0.15, -0.1) is 5.10 Å². The van der Waals surface area contributed by atoms with Gasteiger partial charge < -0.3 is 10.0 Å². The van der Waals surface area contributed by atoms with Crippen LogP contribution in [0.5, 0.6) is 0 Å². The van der Waals surface area contributed by atoms with Gasteiger partial charge in [-0.1, -0.05) is 0 Å². The topological polar surface area (TPSA) is 71.2 Å². The maximum Gasteiger partial charge on any atom is 0.416 e. The molecular weight excluding hydrogens is 413 g/mol. The molecule has 6 nitrogen and oxygen atoms in total. The highest BCUT2D eigenvalue weighted by molar-refractivity contribution is 5.90. The van der Waals surface area contributed by atoms with Gasteiger partial charge in [0.1, 0.15) is 6.33 Å². The Morgan fingerprint density at radius 1 is 1.07 bits per heavy atom. The van der Waals surface area contributed by atoms with Gasteiger partial charge in [0.25, 0.3) is 0 Å². The maximum atomic E-state index is 13.0. The molecule has 1 fully saturated rings. The first-order valence-corrected chi connectivity index (χ1v) is 7.84. The molecule has 1 aromatic carbocycles. The highest BCUT2D eigenvalue weighted by atomic mass is 19.4. The van der Waals surface area contributed by atoms with Crippen molar-refractivity contribution in [1.82, 2.24) is 19.7 Å². The van der Waals surface area contributed by atoms with Crippen LogP contribution in [0.1, 0.15) is 11.1 Å². The molecule has 0 unspecified atom stereocenters. The zero-order valence-electron chi connectivity index (χ0n) is 14.2. The number of likely N-dealkylation sites (tertiary alicyclic amines) is 1. The van der Waals surface area contributed by atoms with Gasteiger partial charge in [0.2, 0.25) is 11.8 Å². The van der Waals surface area contributed by atoms with Crippen molar-refractivity contribution in [3.8, 4) is 11.4 Å².